The first-order chi connectivity index (χ1) is 18.9. The van der Waals surface area contributed by atoms with Crippen molar-refractivity contribution < 1.29 is 26.0 Å². The van der Waals surface area contributed by atoms with Gasteiger partial charge >= 0.3 is 6.18 Å². The Labute approximate surface area is 230 Å². The van der Waals surface area contributed by atoms with Crippen LogP contribution in [0.3, 0.4) is 0 Å². The van der Waals surface area contributed by atoms with Gasteiger partial charge in [-0.3, -0.25) is 0 Å². The number of oxazole rings is 1. The number of benzene rings is 3. The minimum atomic E-state index is -4.62. The van der Waals surface area contributed by atoms with Crippen molar-refractivity contribution in [2.75, 3.05) is 19.0 Å². The van der Waals surface area contributed by atoms with E-state index in [-0.39, 0.29) is 10.7 Å². The second-order valence-corrected chi connectivity index (χ2v) is 10.5. The van der Waals surface area contributed by atoms with Crippen molar-refractivity contribution in [1.82, 2.24) is 14.5 Å². The lowest BCUT2D eigenvalue weighted by atomic mass is 9.98. The zero-order valence-corrected chi connectivity index (χ0v) is 22.9. The number of halogens is 3. The number of rotatable bonds is 6. The molecule has 0 N–H and O–H groups in total. The van der Waals surface area contributed by atoms with E-state index in [1.807, 2.05) is 43.3 Å². The Morgan fingerprint density at radius 3 is 2.17 bits per heavy atom. The number of alkyl halides is 3. The van der Waals surface area contributed by atoms with Gasteiger partial charge < -0.3 is 13.9 Å². The number of hydrogen-bond acceptors (Lipinski definition) is 6. The van der Waals surface area contributed by atoms with Crippen LogP contribution in [0.4, 0.5) is 18.9 Å². The van der Waals surface area contributed by atoms with Crippen LogP contribution in [-0.2, 0) is 16.9 Å². The molecule has 0 atom stereocenters. The number of aromatic nitrogens is 3. The van der Waals surface area contributed by atoms with Crippen molar-refractivity contribution in [3.8, 4) is 39.4 Å². The molecule has 0 fully saturated rings. The molecule has 7 nitrogen and oxygen atoms in total. The van der Waals surface area contributed by atoms with Gasteiger partial charge in [-0.05, 0) is 66.6 Å². The summed E-state index contributed by atoms with van der Waals surface area (Å²) in [6.45, 7) is 3.19. The SMILES string of the molecule is Cc1nc(-c2cc(-c3cccc([SH](=O)=O)c3)ccc2-n2cc(C(F)(F)F)nc2C)c(-c2ccc(N(C)C)cc2)o1. The normalized spacial score (nSPS) is 11.8. The monoisotopic (exact) mass is 566 g/mol. The van der Waals surface area contributed by atoms with Gasteiger partial charge in [-0.2, -0.15) is 13.2 Å². The topological polar surface area (TPSA) is 81.2 Å². The lowest BCUT2D eigenvalue weighted by Gasteiger charge is -2.15. The minimum Gasteiger partial charge on any atom is -0.440 e. The molecule has 11 heteroatoms. The molecule has 5 rings (SSSR count). The maximum atomic E-state index is 13.5. The largest absolute Gasteiger partial charge is 0.440 e. The van der Waals surface area contributed by atoms with E-state index < -0.39 is 22.6 Å². The highest BCUT2D eigenvalue weighted by atomic mass is 32.2. The van der Waals surface area contributed by atoms with Gasteiger partial charge in [-0.25, -0.2) is 18.4 Å². The van der Waals surface area contributed by atoms with Crippen molar-refractivity contribution in [3.05, 3.63) is 90.3 Å². The van der Waals surface area contributed by atoms with Crippen LogP contribution in [-0.4, -0.2) is 37.0 Å². The van der Waals surface area contributed by atoms with Crippen LogP contribution in [0.15, 0.2) is 82.2 Å². The molecule has 0 aliphatic carbocycles. The summed E-state index contributed by atoms with van der Waals surface area (Å²) in [6, 6.07) is 19.2. The number of nitrogens with zero attached hydrogens (tertiary/aromatic N) is 4. The lowest BCUT2D eigenvalue weighted by molar-refractivity contribution is -0.141. The van der Waals surface area contributed by atoms with Crippen LogP contribution in [0.1, 0.15) is 17.4 Å². The minimum absolute atomic E-state index is 0.142. The van der Waals surface area contributed by atoms with E-state index in [1.165, 1.54) is 17.6 Å². The maximum absolute atomic E-state index is 13.5. The van der Waals surface area contributed by atoms with E-state index in [2.05, 4.69) is 9.97 Å². The molecule has 0 spiro atoms. The van der Waals surface area contributed by atoms with Crippen LogP contribution < -0.4 is 4.90 Å². The van der Waals surface area contributed by atoms with Gasteiger partial charge in [0.2, 0.25) is 0 Å². The van der Waals surface area contributed by atoms with Crippen molar-refractivity contribution in [3.63, 3.8) is 0 Å². The molecule has 2 aromatic heterocycles. The second-order valence-electron chi connectivity index (χ2n) is 9.43. The zero-order chi connectivity index (χ0) is 28.8. The number of anilines is 1. The molecule has 0 saturated carbocycles. The highest BCUT2D eigenvalue weighted by molar-refractivity contribution is 7.72. The molecule has 0 amide bonds. The molecule has 0 aliphatic rings. The summed E-state index contributed by atoms with van der Waals surface area (Å²) in [5, 5.41) is 0. The van der Waals surface area contributed by atoms with Gasteiger partial charge in [0.15, 0.2) is 28.0 Å². The molecule has 0 saturated heterocycles. The average Bonchev–Trinajstić information content (AvgIpc) is 3.51. The maximum Gasteiger partial charge on any atom is 0.434 e. The summed E-state index contributed by atoms with van der Waals surface area (Å²) in [4.78, 5) is 10.5. The van der Waals surface area contributed by atoms with Crippen molar-refractivity contribution in [2.24, 2.45) is 0 Å². The molecule has 206 valence electrons. The summed E-state index contributed by atoms with van der Waals surface area (Å²) < 4.78 is 71.2. The molecule has 0 radical (unpaired) electrons. The smallest absolute Gasteiger partial charge is 0.434 e. The van der Waals surface area contributed by atoms with Gasteiger partial charge in [-0.15, -0.1) is 0 Å². The Hall–Kier alpha value is -4.38. The predicted molar refractivity (Wildman–Crippen MR) is 147 cm³/mol. The van der Waals surface area contributed by atoms with E-state index in [0.29, 0.717) is 39.7 Å². The fourth-order valence-corrected chi connectivity index (χ4v) is 4.94. The summed E-state index contributed by atoms with van der Waals surface area (Å²) >= 11 is 0. The van der Waals surface area contributed by atoms with Crippen LogP contribution >= 0.6 is 0 Å². The first kappa shape index (κ1) is 27.2. The van der Waals surface area contributed by atoms with Gasteiger partial charge in [0, 0.05) is 44.0 Å². The first-order valence-corrected chi connectivity index (χ1v) is 13.4. The quantitative estimate of drug-likeness (QED) is 0.235. The number of imidazole rings is 1. The molecule has 2 heterocycles. The van der Waals surface area contributed by atoms with Crippen molar-refractivity contribution in [2.45, 2.75) is 24.9 Å². The highest BCUT2D eigenvalue weighted by Gasteiger charge is 2.35. The van der Waals surface area contributed by atoms with Crippen LogP contribution in [0.2, 0.25) is 0 Å². The predicted octanol–water partition coefficient (Wildman–Crippen LogP) is 6.53. The van der Waals surface area contributed by atoms with Crippen LogP contribution in [0, 0.1) is 13.8 Å². The van der Waals surface area contributed by atoms with E-state index in [4.69, 9.17) is 4.42 Å². The van der Waals surface area contributed by atoms with Crippen LogP contribution in [0.5, 0.6) is 0 Å². The van der Waals surface area contributed by atoms with Gasteiger partial charge in [0.25, 0.3) is 0 Å². The Morgan fingerprint density at radius 1 is 0.875 bits per heavy atom. The van der Waals surface area contributed by atoms with Crippen LogP contribution in [0.25, 0.3) is 39.4 Å². The second kappa shape index (κ2) is 10.3. The number of thiol groups is 1. The van der Waals surface area contributed by atoms with E-state index in [9.17, 15) is 21.6 Å². The standard InChI is InChI=1S/C29H25F3N4O3S/c1-17-33-26(29(30,31)32)16-36(17)25-13-10-21(20-6-5-7-23(14-20)40(37)38)15-24(25)27-28(39-18(2)34-27)19-8-11-22(12-9-19)35(3)4/h5-16,40H,1-4H3. The van der Waals surface area contributed by atoms with E-state index in [1.54, 1.807) is 43.3 Å². The van der Waals surface area contributed by atoms with E-state index in [0.717, 1.165) is 17.4 Å². The third-order valence-corrected chi connectivity index (χ3v) is 7.15. The van der Waals surface area contributed by atoms with Gasteiger partial charge in [0.1, 0.15) is 11.5 Å². The lowest BCUT2D eigenvalue weighted by Crippen LogP contribution is -2.07. The average molecular weight is 567 g/mol. The number of aryl methyl sites for hydroxylation is 2. The van der Waals surface area contributed by atoms with Gasteiger partial charge in [0.05, 0.1) is 10.6 Å². The molecule has 0 aliphatic heterocycles. The molecule has 40 heavy (non-hydrogen) atoms. The molecule has 0 bridgehead atoms. The number of hydrogen-bond donors (Lipinski definition) is 1. The molecule has 0 unspecified atom stereocenters. The molecular weight excluding hydrogens is 541 g/mol. The fraction of sp³-hybridized carbons (Fsp3) is 0.172. The third-order valence-electron chi connectivity index (χ3n) is 6.45. The Bertz CT molecular complexity index is 1780. The first-order valence-electron chi connectivity index (χ1n) is 12.2. The summed E-state index contributed by atoms with van der Waals surface area (Å²) in [5.41, 5.74) is 3.32. The van der Waals surface area contributed by atoms with Crippen molar-refractivity contribution >= 4 is 16.4 Å². The van der Waals surface area contributed by atoms with E-state index >= 15 is 0 Å². The molecule has 5 aromatic rings. The zero-order valence-electron chi connectivity index (χ0n) is 22.0. The van der Waals surface area contributed by atoms with Gasteiger partial charge in [-0.1, -0.05) is 18.2 Å². The third kappa shape index (κ3) is 5.24. The Kier molecular flexibility index (Phi) is 7.01. The highest BCUT2D eigenvalue weighted by Crippen LogP contribution is 2.40. The summed E-state index contributed by atoms with van der Waals surface area (Å²) in [6.07, 6.45) is -3.66. The van der Waals surface area contributed by atoms with Crippen molar-refractivity contribution in [1.29, 1.82) is 0 Å². The Morgan fingerprint density at radius 2 is 1.55 bits per heavy atom. The molecular formula is C29H25F3N4O3S. The Balaban J connectivity index is 1.75. The summed E-state index contributed by atoms with van der Waals surface area (Å²) in [7, 11) is 1.06. The summed E-state index contributed by atoms with van der Waals surface area (Å²) in [5.74, 6) is 0.969. The molecule has 3 aromatic carbocycles. The fourth-order valence-electron chi connectivity index (χ4n) is 4.48.